The molecule has 0 radical (unpaired) electrons. The molecule has 2 saturated carbocycles. The van der Waals surface area contributed by atoms with Crippen LogP contribution in [0.2, 0.25) is 0 Å². The van der Waals surface area contributed by atoms with Gasteiger partial charge in [0.2, 0.25) is 0 Å². The third-order valence-corrected chi connectivity index (χ3v) is 3.70. The molecule has 76 valence electrons. The monoisotopic (exact) mass is 193 g/mol. The van der Waals surface area contributed by atoms with Crippen LogP contribution in [-0.4, -0.2) is 12.2 Å². The first kappa shape index (κ1) is 9.31. The number of rotatable bonds is 0. The Labute approximate surface area is 75.5 Å². The van der Waals surface area contributed by atoms with E-state index in [2.05, 4.69) is 0 Å². The molecule has 2 aliphatic rings. The van der Waals surface area contributed by atoms with Gasteiger partial charge >= 0.3 is 6.18 Å². The van der Waals surface area contributed by atoms with Crippen molar-refractivity contribution in [3.8, 4) is 0 Å². The second kappa shape index (κ2) is 2.62. The molecule has 0 aliphatic heterocycles. The van der Waals surface area contributed by atoms with E-state index in [4.69, 9.17) is 5.73 Å². The lowest BCUT2D eigenvalue weighted by Gasteiger charge is -2.30. The first-order valence-corrected chi connectivity index (χ1v) is 4.76. The minimum absolute atomic E-state index is 0.113. The van der Waals surface area contributed by atoms with E-state index in [-0.39, 0.29) is 24.3 Å². The van der Waals surface area contributed by atoms with Gasteiger partial charge in [0.05, 0.1) is 5.92 Å². The lowest BCUT2D eigenvalue weighted by atomic mass is 9.79. The van der Waals surface area contributed by atoms with Gasteiger partial charge in [0, 0.05) is 6.04 Å². The molecule has 0 aromatic carbocycles. The minimum Gasteiger partial charge on any atom is -0.327 e. The molecule has 0 unspecified atom stereocenters. The average Bonchev–Trinajstić information content (AvgIpc) is 2.60. The summed E-state index contributed by atoms with van der Waals surface area (Å²) in [6, 6.07) is 0.182. The van der Waals surface area contributed by atoms with Gasteiger partial charge in [-0.05, 0) is 37.5 Å². The van der Waals surface area contributed by atoms with Crippen LogP contribution in [0.4, 0.5) is 13.2 Å². The van der Waals surface area contributed by atoms with Crippen molar-refractivity contribution in [3.63, 3.8) is 0 Å². The first-order chi connectivity index (χ1) is 5.94. The van der Waals surface area contributed by atoms with Crippen LogP contribution in [0.25, 0.3) is 0 Å². The number of nitrogens with two attached hydrogens (primary N) is 1. The van der Waals surface area contributed by atoms with Gasteiger partial charge in [0.25, 0.3) is 0 Å². The summed E-state index contributed by atoms with van der Waals surface area (Å²) in [7, 11) is 0. The van der Waals surface area contributed by atoms with Crippen molar-refractivity contribution < 1.29 is 13.2 Å². The smallest absolute Gasteiger partial charge is 0.327 e. The van der Waals surface area contributed by atoms with Crippen LogP contribution < -0.4 is 5.73 Å². The summed E-state index contributed by atoms with van der Waals surface area (Å²) >= 11 is 0. The second-order valence-electron chi connectivity index (χ2n) is 4.49. The standard InChI is InChI=1S/C9H14F3N/c10-9(11,12)6-1-3-8(4-2-6)5-7(8)13/h6-7H,1-5,13H2/t6?,7-,8?/m1/s1. The number of alkyl halides is 3. The van der Waals surface area contributed by atoms with Crippen molar-refractivity contribution in [3.05, 3.63) is 0 Å². The molecule has 0 saturated heterocycles. The fourth-order valence-electron chi connectivity index (χ4n) is 2.47. The highest BCUT2D eigenvalue weighted by atomic mass is 19.4. The highest BCUT2D eigenvalue weighted by Crippen LogP contribution is 2.57. The largest absolute Gasteiger partial charge is 0.391 e. The van der Waals surface area contributed by atoms with E-state index < -0.39 is 12.1 Å². The molecular formula is C9H14F3N. The maximum Gasteiger partial charge on any atom is 0.391 e. The maximum atomic E-state index is 12.3. The Morgan fingerprint density at radius 1 is 1.15 bits per heavy atom. The van der Waals surface area contributed by atoms with Crippen molar-refractivity contribution in [1.29, 1.82) is 0 Å². The van der Waals surface area contributed by atoms with Gasteiger partial charge in [-0.15, -0.1) is 0 Å². The third kappa shape index (κ3) is 1.56. The van der Waals surface area contributed by atoms with E-state index in [9.17, 15) is 13.2 Å². The summed E-state index contributed by atoms with van der Waals surface area (Å²) in [5, 5.41) is 0. The van der Waals surface area contributed by atoms with Crippen molar-refractivity contribution >= 4 is 0 Å². The Morgan fingerprint density at radius 3 is 1.92 bits per heavy atom. The van der Waals surface area contributed by atoms with Crippen LogP contribution in [0.15, 0.2) is 0 Å². The normalized spacial score (nSPS) is 45.2. The molecule has 0 amide bonds. The molecule has 2 aliphatic carbocycles. The number of hydrogen-bond donors (Lipinski definition) is 1. The molecule has 13 heavy (non-hydrogen) atoms. The summed E-state index contributed by atoms with van der Waals surface area (Å²) in [6.45, 7) is 0. The molecular weight excluding hydrogens is 179 g/mol. The molecule has 0 aromatic heterocycles. The summed E-state index contributed by atoms with van der Waals surface area (Å²) in [6.07, 6.45) is -1.11. The Kier molecular flexibility index (Phi) is 1.88. The zero-order chi connectivity index (χ0) is 9.69. The Bertz CT molecular complexity index is 203. The molecule has 2 fully saturated rings. The predicted molar refractivity (Wildman–Crippen MR) is 43.0 cm³/mol. The molecule has 1 atom stereocenters. The van der Waals surface area contributed by atoms with Crippen molar-refractivity contribution in [1.82, 2.24) is 0 Å². The van der Waals surface area contributed by atoms with Crippen LogP contribution >= 0.6 is 0 Å². The molecule has 0 bridgehead atoms. The molecule has 0 heterocycles. The molecule has 4 heteroatoms. The maximum absolute atomic E-state index is 12.3. The van der Waals surface area contributed by atoms with Crippen LogP contribution in [0.3, 0.4) is 0 Å². The average molecular weight is 193 g/mol. The second-order valence-corrected chi connectivity index (χ2v) is 4.49. The third-order valence-electron chi connectivity index (χ3n) is 3.70. The highest BCUT2D eigenvalue weighted by molar-refractivity contribution is 5.08. The molecule has 2 N–H and O–H groups in total. The minimum atomic E-state index is -3.99. The Hall–Kier alpha value is -0.250. The first-order valence-electron chi connectivity index (χ1n) is 4.76. The fraction of sp³-hybridized carbons (Fsp3) is 1.00. The van der Waals surface area contributed by atoms with Gasteiger partial charge in [0.1, 0.15) is 0 Å². The lowest BCUT2D eigenvalue weighted by molar-refractivity contribution is -0.184. The fourth-order valence-corrected chi connectivity index (χ4v) is 2.47. The number of hydrogen-bond acceptors (Lipinski definition) is 1. The van der Waals surface area contributed by atoms with Crippen molar-refractivity contribution in [2.45, 2.75) is 44.3 Å². The zero-order valence-corrected chi connectivity index (χ0v) is 7.40. The molecule has 1 spiro atoms. The zero-order valence-electron chi connectivity index (χ0n) is 7.40. The van der Waals surface area contributed by atoms with Crippen LogP contribution in [-0.2, 0) is 0 Å². The predicted octanol–water partition coefficient (Wildman–Crippen LogP) is 2.46. The van der Waals surface area contributed by atoms with Gasteiger partial charge in [0.15, 0.2) is 0 Å². The summed E-state index contributed by atoms with van der Waals surface area (Å²) in [5.74, 6) is -1.06. The molecule has 1 nitrogen and oxygen atoms in total. The van der Waals surface area contributed by atoms with Crippen LogP contribution in [0.5, 0.6) is 0 Å². The lowest BCUT2D eigenvalue weighted by Crippen LogP contribution is -2.30. The van der Waals surface area contributed by atoms with E-state index in [0.717, 1.165) is 6.42 Å². The van der Waals surface area contributed by atoms with Gasteiger partial charge in [-0.2, -0.15) is 13.2 Å². The highest BCUT2D eigenvalue weighted by Gasteiger charge is 2.55. The van der Waals surface area contributed by atoms with Crippen molar-refractivity contribution in [2.75, 3.05) is 0 Å². The summed E-state index contributed by atoms with van der Waals surface area (Å²) < 4.78 is 36.8. The van der Waals surface area contributed by atoms with E-state index in [0.29, 0.717) is 12.8 Å². The molecule has 0 aromatic rings. The quantitative estimate of drug-likeness (QED) is 0.628. The van der Waals surface area contributed by atoms with Gasteiger partial charge in [-0.1, -0.05) is 0 Å². The van der Waals surface area contributed by atoms with E-state index in [1.807, 2.05) is 0 Å². The SMILES string of the molecule is N[C@@H]1CC12CCC(C(F)(F)F)CC2. The number of halogens is 3. The van der Waals surface area contributed by atoms with Gasteiger partial charge in [-0.3, -0.25) is 0 Å². The molecule has 2 rings (SSSR count). The van der Waals surface area contributed by atoms with Gasteiger partial charge in [-0.25, -0.2) is 0 Å². The summed E-state index contributed by atoms with van der Waals surface area (Å²) in [4.78, 5) is 0. The van der Waals surface area contributed by atoms with E-state index >= 15 is 0 Å². The van der Waals surface area contributed by atoms with Crippen LogP contribution in [0.1, 0.15) is 32.1 Å². The van der Waals surface area contributed by atoms with Crippen molar-refractivity contribution in [2.24, 2.45) is 17.1 Å². The van der Waals surface area contributed by atoms with Crippen LogP contribution in [0, 0.1) is 11.3 Å². The topological polar surface area (TPSA) is 26.0 Å². The van der Waals surface area contributed by atoms with Gasteiger partial charge < -0.3 is 5.73 Å². The van der Waals surface area contributed by atoms with E-state index in [1.165, 1.54) is 0 Å². The summed E-state index contributed by atoms with van der Waals surface area (Å²) in [5.41, 5.74) is 5.82. The Balaban J connectivity index is 1.90. The Morgan fingerprint density at radius 2 is 1.62 bits per heavy atom. The van der Waals surface area contributed by atoms with E-state index in [1.54, 1.807) is 0 Å².